The third-order valence-corrected chi connectivity index (χ3v) is 5.83. The van der Waals surface area contributed by atoms with Crippen molar-refractivity contribution >= 4 is 21.6 Å². The molecule has 2 heterocycles. The average Bonchev–Trinajstić information content (AvgIpc) is 3.19. The SMILES string of the molecule is COc1ccc(Br)cc1[C@@H]1Oc2ccccc2[C@@H]2CC(c3ccc(F)cc3)=NN21. The molecule has 0 bridgehead atoms. The molecule has 146 valence electrons. The van der Waals surface area contributed by atoms with Gasteiger partial charge in [-0.25, -0.2) is 9.40 Å². The van der Waals surface area contributed by atoms with Crippen LogP contribution in [0.15, 0.2) is 76.3 Å². The predicted molar refractivity (Wildman–Crippen MR) is 113 cm³/mol. The van der Waals surface area contributed by atoms with Crippen LogP contribution in [-0.2, 0) is 0 Å². The number of rotatable bonds is 3. The van der Waals surface area contributed by atoms with Crippen LogP contribution < -0.4 is 9.47 Å². The molecule has 2 aliphatic heterocycles. The summed E-state index contributed by atoms with van der Waals surface area (Å²) in [4.78, 5) is 0. The summed E-state index contributed by atoms with van der Waals surface area (Å²) in [5.74, 6) is 1.33. The summed E-state index contributed by atoms with van der Waals surface area (Å²) in [6.07, 6.45) is 0.291. The zero-order chi connectivity index (χ0) is 20.0. The maximum Gasteiger partial charge on any atom is 0.217 e. The lowest BCUT2D eigenvalue weighted by molar-refractivity contribution is -0.0203. The van der Waals surface area contributed by atoms with Crippen LogP contribution in [0.25, 0.3) is 0 Å². The Hall–Kier alpha value is -2.86. The fourth-order valence-corrected chi connectivity index (χ4v) is 4.33. The van der Waals surface area contributed by atoms with Crippen LogP contribution in [0.4, 0.5) is 4.39 Å². The highest BCUT2D eigenvalue weighted by Crippen LogP contribution is 2.49. The van der Waals surface area contributed by atoms with E-state index in [9.17, 15) is 4.39 Å². The molecular formula is C23H18BrFN2O2. The van der Waals surface area contributed by atoms with E-state index in [2.05, 4.69) is 22.0 Å². The first kappa shape index (κ1) is 18.2. The first-order chi connectivity index (χ1) is 14.1. The molecular weight excluding hydrogens is 435 g/mol. The van der Waals surface area contributed by atoms with Gasteiger partial charge in [-0.15, -0.1) is 0 Å². The molecule has 0 N–H and O–H groups in total. The molecule has 3 aromatic carbocycles. The van der Waals surface area contributed by atoms with E-state index < -0.39 is 6.23 Å². The van der Waals surface area contributed by atoms with Crippen LogP contribution in [0.2, 0.25) is 0 Å². The molecule has 3 aromatic rings. The van der Waals surface area contributed by atoms with Crippen LogP contribution >= 0.6 is 15.9 Å². The predicted octanol–water partition coefficient (Wildman–Crippen LogP) is 5.84. The van der Waals surface area contributed by atoms with Crippen molar-refractivity contribution in [1.29, 1.82) is 0 Å². The summed E-state index contributed by atoms with van der Waals surface area (Å²) in [6.45, 7) is 0. The highest BCUT2D eigenvalue weighted by atomic mass is 79.9. The molecule has 2 aliphatic rings. The van der Waals surface area contributed by atoms with Gasteiger partial charge < -0.3 is 9.47 Å². The fourth-order valence-electron chi connectivity index (χ4n) is 3.95. The first-order valence-electron chi connectivity index (χ1n) is 9.35. The van der Waals surface area contributed by atoms with Gasteiger partial charge in [-0.1, -0.05) is 46.3 Å². The Kier molecular flexibility index (Phi) is 4.51. The second kappa shape index (κ2) is 7.19. The minimum absolute atomic E-state index is 0.0358. The Labute approximate surface area is 176 Å². The van der Waals surface area contributed by atoms with Crippen molar-refractivity contribution in [3.63, 3.8) is 0 Å². The second-order valence-electron chi connectivity index (χ2n) is 7.05. The maximum absolute atomic E-state index is 13.4. The normalized spacial score (nSPS) is 19.8. The van der Waals surface area contributed by atoms with Crippen LogP contribution in [-0.4, -0.2) is 17.8 Å². The first-order valence-corrected chi connectivity index (χ1v) is 10.1. The van der Waals surface area contributed by atoms with E-state index >= 15 is 0 Å². The zero-order valence-electron chi connectivity index (χ0n) is 15.7. The molecule has 29 heavy (non-hydrogen) atoms. The van der Waals surface area contributed by atoms with E-state index in [-0.39, 0.29) is 11.9 Å². The Balaban J connectivity index is 1.62. The van der Waals surface area contributed by atoms with Gasteiger partial charge in [0.1, 0.15) is 17.3 Å². The number of ether oxygens (including phenoxy) is 2. The zero-order valence-corrected chi connectivity index (χ0v) is 17.3. The van der Waals surface area contributed by atoms with Gasteiger partial charge in [-0.3, -0.25) is 0 Å². The molecule has 0 aromatic heterocycles. The van der Waals surface area contributed by atoms with Crippen molar-refractivity contribution < 1.29 is 13.9 Å². The number of hydrogen-bond donors (Lipinski definition) is 0. The number of benzene rings is 3. The number of nitrogens with zero attached hydrogens (tertiary/aromatic N) is 2. The van der Waals surface area contributed by atoms with Crippen molar-refractivity contribution in [2.45, 2.75) is 18.7 Å². The van der Waals surface area contributed by atoms with Crippen molar-refractivity contribution in [3.05, 3.63) is 93.7 Å². The average molecular weight is 453 g/mol. The highest BCUT2D eigenvalue weighted by molar-refractivity contribution is 9.10. The van der Waals surface area contributed by atoms with E-state index in [1.165, 1.54) is 12.1 Å². The lowest BCUT2D eigenvalue weighted by Crippen LogP contribution is -2.33. The molecule has 0 radical (unpaired) electrons. The Morgan fingerprint density at radius 3 is 2.66 bits per heavy atom. The van der Waals surface area contributed by atoms with Gasteiger partial charge in [0.15, 0.2) is 0 Å². The number of methoxy groups -OCH3 is 1. The van der Waals surface area contributed by atoms with Gasteiger partial charge in [0.2, 0.25) is 6.23 Å². The van der Waals surface area contributed by atoms with Gasteiger partial charge in [0, 0.05) is 16.5 Å². The molecule has 0 fully saturated rings. The number of hydrazone groups is 1. The van der Waals surface area contributed by atoms with E-state index in [1.807, 2.05) is 41.4 Å². The lowest BCUT2D eigenvalue weighted by atomic mass is 9.96. The number of hydrogen-bond acceptors (Lipinski definition) is 4. The third-order valence-electron chi connectivity index (χ3n) is 5.33. The molecule has 0 amide bonds. The third kappa shape index (κ3) is 3.17. The van der Waals surface area contributed by atoms with Crippen LogP contribution in [0.1, 0.15) is 35.4 Å². The standard InChI is InChI=1S/C23H18BrFN2O2/c1-28-21-11-8-15(24)12-18(21)23-27-20(17-4-2-3-5-22(17)29-23)13-19(26-27)14-6-9-16(25)10-7-14/h2-12,20,23H,13H2,1H3/t20-,23-/m0/s1. The van der Waals surface area contributed by atoms with E-state index in [1.54, 1.807) is 19.2 Å². The smallest absolute Gasteiger partial charge is 0.217 e. The molecule has 0 unspecified atom stereocenters. The monoisotopic (exact) mass is 452 g/mol. The molecule has 0 saturated heterocycles. The van der Waals surface area contributed by atoms with Gasteiger partial charge in [0.05, 0.1) is 24.4 Å². The van der Waals surface area contributed by atoms with E-state index in [4.69, 9.17) is 14.6 Å². The topological polar surface area (TPSA) is 34.1 Å². The van der Waals surface area contributed by atoms with Crippen molar-refractivity contribution in [2.75, 3.05) is 7.11 Å². The van der Waals surface area contributed by atoms with Crippen LogP contribution in [0.5, 0.6) is 11.5 Å². The molecule has 0 aliphatic carbocycles. The Morgan fingerprint density at radius 1 is 1.07 bits per heavy atom. The number of halogens is 2. The molecule has 5 rings (SSSR count). The fraction of sp³-hybridized carbons (Fsp3) is 0.174. The molecule has 4 nitrogen and oxygen atoms in total. The summed E-state index contributed by atoms with van der Waals surface area (Å²) in [7, 11) is 1.65. The Morgan fingerprint density at radius 2 is 1.86 bits per heavy atom. The largest absolute Gasteiger partial charge is 0.496 e. The van der Waals surface area contributed by atoms with Gasteiger partial charge in [0.25, 0.3) is 0 Å². The summed E-state index contributed by atoms with van der Waals surface area (Å²) in [5, 5.41) is 6.89. The molecule has 2 atom stereocenters. The minimum Gasteiger partial charge on any atom is -0.496 e. The summed E-state index contributed by atoms with van der Waals surface area (Å²) < 4.78 is 26.3. The molecule has 0 spiro atoms. The lowest BCUT2D eigenvalue weighted by Gasteiger charge is -2.38. The van der Waals surface area contributed by atoms with Crippen LogP contribution in [0, 0.1) is 5.82 Å². The Bertz CT molecular complexity index is 1100. The minimum atomic E-state index is -0.430. The van der Waals surface area contributed by atoms with Gasteiger partial charge in [-0.2, -0.15) is 5.10 Å². The second-order valence-corrected chi connectivity index (χ2v) is 7.96. The van der Waals surface area contributed by atoms with Crippen molar-refractivity contribution in [2.24, 2.45) is 5.10 Å². The molecule has 6 heteroatoms. The van der Waals surface area contributed by atoms with Crippen LogP contribution in [0.3, 0.4) is 0 Å². The molecule has 0 saturated carbocycles. The van der Waals surface area contributed by atoms with E-state index in [0.29, 0.717) is 0 Å². The highest BCUT2D eigenvalue weighted by Gasteiger charge is 2.41. The summed E-state index contributed by atoms with van der Waals surface area (Å²) in [6, 6.07) is 20.4. The van der Waals surface area contributed by atoms with Gasteiger partial charge in [-0.05, 0) is 42.0 Å². The van der Waals surface area contributed by atoms with Gasteiger partial charge >= 0.3 is 0 Å². The summed E-state index contributed by atoms with van der Waals surface area (Å²) in [5.41, 5.74) is 3.82. The van der Waals surface area contributed by atoms with E-state index in [0.717, 1.165) is 44.8 Å². The number of para-hydroxylation sites is 1. The maximum atomic E-state index is 13.4. The summed E-state index contributed by atoms with van der Waals surface area (Å²) >= 11 is 3.55. The number of fused-ring (bicyclic) bond motifs is 3. The van der Waals surface area contributed by atoms with Crippen molar-refractivity contribution in [1.82, 2.24) is 5.01 Å². The van der Waals surface area contributed by atoms with Crippen molar-refractivity contribution in [3.8, 4) is 11.5 Å². The quantitative estimate of drug-likeness (QED) is 0.500.